The Hall–Kier alpha value is -3.47. The van der Waals surface area contributed by atoms with Gasteiger partial charge >= 0.3 is 0 Å². The number of imide groups is 1. The molecule has 0 radical (unpaired) electrons. The molecule has 1 heterocycles. The average Bonchev–Trinajstić information content (AvgIpc) is 3.16. The highest BCUT2D eigenvalue weighted by Gasteiger charge is 2.36. The summed E-state index contributed by atoms with van der Waals surface area (Å²) in [6, 6.07) is 17.5. The maximum Gasteiger partial charge on any atom is 0.294 e. The van der Waals surface area contributed by atoms with E-state index in [-0.39, 0.29) is 4.91 Å². The normalized spacial score (nSPS) is 14.1. The highest BCUT2D eigenvalue weighted by Crippen LogP contribution is 2.39. The molecule has 0 bridgehead atoms. The van der Waals surface area contributed by atoms with Crippen molar-refractivity contribution in [3.05, 3.63) is 86.2 Å². The Balaban J connectivity index is 1.44. The number of anilines is 1. The molecule has 1 saturated heterocycles. The molecule has 196 valence electrons. The van der Waals surface area contributed by atoms with Gasteiger partial charge in [0.1, 0.15) is 18.9 Å². The number of rotatable bonds is 9. The van der Waals surface area contributed by atoms with E-state index in [1.165, 1.54) is 7.11 Å². The molecule has 3 aromatic rings. The molecule has 1 N–H and O–H groups in total. The van der Waals surface area contributed by atoms with Gasteiger partial charge in [0.05, 0.1) is 23.6 Å². The van der Waals surface area contributed by atoms with Crippen LogP contribution in [-0.2, 0) is 16.2 Å². The van der Waals surface area contributed by atoms with E-state index in [2.05, 4.69) is 21.2 Å². The summed E-state index contributed by atoms with van der Waals surface area (Å²) in [4.78, 5) is 39.0. The minimum Gasteiger partial charge on any atom is -0.497 e. The standard InChI is InChI=1S/C27H22BrClN2O6S/c1-35-20-9-7-19(8-10-20)30-24(32)14-31-26(33)23(38-27(31)34)13-17-11-21(28)25(22(12-17)36-2)37-15-16-3-5-18(29)6-4-16/h3-13H,14-15H2,1-2H3,(H,30,32)/b23-13+. The van der Waals surface area contributed by atoms with Crippen molar-refractivity contribution in [3.8, 4) is 17.2 Å². The Kier molecular flexibility index (Phi) is 8.98. The van der Waals surface area contributed by atoms with Crippen molar-refractivity contribution in [1.29, 1.82) is 0 Å². The smallest absolute Gasteiger partial charge is 0.294 e. The Morgan fingerprint density at radius 2 is 1.76 bits per heavy atom. The van der Waals surface area contributed by atoms with E-state index in [9.17, 15) is 14.4 Å². The molecule has 0 atom stereocenters. The van der Waals surface area contributed by atoms with Crippen LogP contribution in [0.15, 0.2) is 70.0 Å². The van der Waals surface area contributed by atoms with E-state index >= 15 is 0 Å². The third-order valence-electron chi connectivity index (χ3n) is 5.40. The van der Waals surface area contributed by atoms with Crippen molar-refractivity contribution in [2.45, 2.75) is 6.61 Å². The second kappa shape index (κ2) is 12.4. The maximum atomic E-state index is 12.9. The largest absolute Gasteiger partial charge is 0.497 e. The highest BCUT2D eigenvalue weighted by molar-refractivity contribution is 9.10. The third-order valence-corrected chi connectivity index (χ3v) is 7.14. The van der Waals surface area contributed by atoms with Crippen LogP contribution in [0.4, 0.5) is 10.5 Å². The van der Waals surface area contributed by atoms with E-state index in [0.29, 0.717) is 44.6 Å². The number of nitrogens with zero attached hydrogens (tertiary/aromatic N) is 1. The van der Waals surface area contributed by atoms with Crippen LogP contribution in [0.3, 0.4) is 0 Å². The van der Waals surface area contributed by atoms with Crippen LogP contribution in [0.5, 0.6) is 17.2 Å². The molecule has 0 aromatic heterocycles. The van der Waals surface area contributed by atoms with Gasteiger partial charge < -0.3 is 19.5 Å². The molecule has 1 aliphatic heterocycles. The summed E-state index contributed by atoms with van der Waals surface area (Å²) in [6.07, 6.45) is 1.57. The first-order chi connectivity index (χ1) is 18.3. The van der Waals surface area contributed by atoms with Crippen LogP contribution in [0.1, 0.15) is 11.1 Å². The molecular formula is C27H22BrClN2O6S. The summed E-state index contributed by atoms with van der Waals surface area (Å²) in [5.74, 6) is 0.525. The molecular weight excluding hydrogens is 596 g/mol. The van der Waals surface area contributed by atoms with Crippen molar-refractivity contribution in [1.82, 2.24) is 4.90 Å². The van der Waals surface area contributed by atoms with Crippen molar-refractivity contribution in [2.24, 2.45) is 0 Å². The minimum absolute atomic E-state index is 0.191. The lowest BCUT2D eigenvalue weighted by atomic mass is 10.1. The van der Waals surface area contributed by atoms with Gasteiger partial charge in [-0.2, -0.15) is 0 Å². The zero-order valence-corrected chi connectivity index (χ0v) is 23.5. The number of benzene rings is 3. The lowest BCUT2D eigenvalue weighted by Crippen LogP contribution is -2.36. The van der Waals surface area contributed by atoms with Crippen molar-refractivity contribution in [2.75, 3.05) is 26.1 Å². The molecule has 1 fully saturated rings. The van der Waals surface area contributed by atoms with Crippen LogP contribution in [0.25, 0.3) is 6.08 Å². The first-order valence-corrected chi connectivity index (χ1v) is 13.2. The summed E-state index contributed by atoms with van der Waals surface area (Å²) >= 11 is 10.2. The van der Waals surface area contributed by atoms with Gasteiger partial charge in [-0.25, -0.2) is 0 Å². The Labute approximate surface area is 237 Å². The second-order valence-corrected chi connectivity index (χ2v) is 10.3. The topological polar surface area (TPSA) is 94.2 Å². The Bertz CT molecular complexity index is 1400. The van der Waals surface area contributed by atoms with Gasteiger partial charge in [0.2, 0.25) is 5.91 Å². The van der Waals surface area contributed by atoms with Gasteiger partial charge in [-0.15, -0.1) is 0 Å². The van der Waals surface area contributed by atoms with Gasteiger partial charge in [0.25, 0.3) is 11.1 Å². The number of amides is 3. The van der Waals surface area contributed by atoms with Crippen LogP contribution < -0.4 is 19.5 Å². The number of nitrogens with one attached hydrogen (secondary N) is 1. The predicted octanol–water partition coefficient (Wildman–Crippen LogP) is 6.37. The molecule has 0 spiro atoms. The summed E-state index contributed by atoms with van der Waals surface area (Å²) < 4.78 is 17.1. The maximum absolute atomic E-state index is 12.9. The highest BCUT2D eigenvalue weighted by atomic mass is 79.9. The molecule has 3 amide bonds. The SMILES string of the molecule is COc1ccc(NC(=O)CN2C(=O)S/C(=C/c3cc(Br)c(OCc4ccc(Cl)cc4)c(OC)c3)C2=O)cc1. The summed E-state index contributed by atoms with van der Waals surface area (Å²) in [5, 5.41) is 2.78. The molecule has 1 aliphatic rings. The molecule has 0 aliphatic carbocycles. The molecule has 4 rings (SSSR count). The Morgan fingerprint density at radius 1 is 1.05 bits per heavy atom. The van der Waals surface area contributed by atoms with Gasteiger partial charge in [0.15, 0.2) is 11.5 Å². The van der Waals surface area contributed by atoms with Crippen molar-refractivity contribution >= 4 is 68.1 Å². The zero-order valence-electron chi connectivity index (χ0n) is 20.3. The zero-order chi connectivity index (χ0) is 27.2. The first kappa shape index (κ1) is 27.6. The number of methoxy groups -OCH3 is 2. The molecule has 0 unspecified atom stereocenters. The monoisotopic (exact) mass is 616 g/mol. The van der Waals surface area contributed by atoms with Crippen LogP contribution >= 0.6 is 39.3 Å². The number of carbonyl (C=O) groups excluding carboxylic acids is 3. The summed E-state index contributed by atoms with van der Waals surface area (Å²) in [5.41, 5.74) is 2.06. The first-order valence-electron chi connectivity index (χ1n) is 11.2. The molecule has 11 heteroatoms. The summed E-state index contributed by atoms with van der Waals surface area (Å²) in [6.45, 7) is -0.110. The van der Waals surface area contributed by atoms with Crippen molar-refractivity contribution < 1.29 is 28.6 Å². The second-order valence-electron chi connectivity index (χ2n) is 7.99. The van der Waals surface area contributed by atoms with Gasteiger partial charge in [-0.1, -0.05) is 23.7 Å². The lowest BCUT2D eigenvalue weighted by molar-refractivity contribution is -0.127. The fourth-order valence-electron chi connectivity index (χ4n) is 3.51. The fourth-order valence-corrected chi connectivity index (χ4v) is 5.04. The molecule has 38 heavy (non-hydrogen) atoms. The van der Waals surface area contributed by atoms with E-state index in [4.69, 9.17) is 25.8 Å². The van der Waals surface area contributed by atoms with Gasteiger partial charge in [-0.3, -0.25) is 19.3 Å². The van der Waals surface area contributed by atoms with Gasteiger partial charge in [-0.05, 0) is 93.4 Å². The number of thioether (sulfide) groups is 1. The number of carbonyl (C=O) groups is 3. The third kappa shape index (κ3) is 6.69. The number of ether oxygens (including phenoxy) is 3. The van der Waals surface area contributed by atoms with Crippen LogP contribution in [-0.4, -0.2) is 42.7 Å². The number of halogens is 2. The van der Waals surface area contributed by atoms with E-state index in [0.717, 1.165) is 22.2 Å². The minimum atomic E-state index is -0.553. The van der Waals surface area contributed by atoms with E-state index in [1.807, 2.05) is 12.1 Å². The van der Waals surface area contributed by atoms with E-state index in [1.54, 1.807) is 61.7 Å². The van der Waals surface area contributed by atoms with Crippen LogP contribution in [0.2, 0.25) is 5.02 Å². The predicted molar refractivity (Wildman–Crippen MR) is 151 cm³/mol. The number of hydrogen-bond donors (Lipinski definition) is 1. The molecule has 0 saturated carbocycles. The number of hydrogen-bond acceptors (Lipinski definition) is 7. The van der Waals surface area contributed by atoms with Crippen LogP contribution in [0, 0.1) is 0 Å². The van der Waals surface area contributed by atoms with E-state index < -0.39 is 23.6 Å². The average molecular weight is 618 g/mol. The Morgan fingerprint density at radius 3 is 2.42 bits per heavy atom. The summed E-state index contributed by atoms with van der Waals surface area (Å²) in [7, 11) is 3.05. The van der Waals surface area contributed by atoms with Crippen molar-refractivity contribution in [3.63, 3.8) is 0 Å². The quantitative estimate of drug-likeness (QED) is 0.279. The molecule has 3 aromatic carbocycles. The lowest BCUT2D eigenvalue weighted by Gasteiger charge is -2.14. The molecule has 8 nitrogen and oxygen atoms in total. The van der Waals surface area contributed by atoms with Gasteiger partial charge in [0, 0.05) is 10.7 Å². The fraction of sp³-hybridized carbons (Fsp3) is 0.148.